The average molecular weight is 268 g/mol. The number of nitrogens with one attached hydrogen (secondary N) is 1. The van der Waals surface area contributed by atoms with Crippen LogP contribution in [-0.2, 0) is 6.54 Å². The molecule has 1 saturated heterocycles. The maximum atomic E-state index is 4.17. The molecule has 0 radical (unpaired) electrons. The Kier molecular flexibility index (Phi) is 3.72. The van der Waals surface area contributed by atoms with Crippen molar-refractivity contribution in [1.29, 1.82) is 0 Å². The lowest BCUT2D eigenvalue weighted by molar-refractivity contribution is 0.936. The molecule has 0 saturated carbocycles. The first kappa shape index (κ1) is 12.8. The average Bonchev–Trinajstić information content (AvgIpc) is 3.17. The fraction of sp³-hybridized carbons (Fsp3) is 0.312. The van der Waals surface area contributed by atoms with Crippen LogP contribution in [0.3, 0.4) is 0 Å². The zero-order chi connectivity index (χ0) is 13.8. The third-order valence-corrected chi connectivity index (χ3v) is 3.68. The van der Waals surface area contributed by atoms with E-state index in [2.05, 4.69) is 46.2 Å². The second-order valence-electron chi connectivity index (χ2n) is 5.11. The van der Waals surface area contributed by atoms with Crippen molar-refractivity contribution in [2.75, 3.05) is 23.3 Å². The van der Waals surface area contributed by atoms with Gasteiger partial charge in [0.1, 0.15) is 0 Å². The molecule has 3 rings (SSSR count). The Hall–Kier alpha value is -2.23. The van der Waals surface area contributed by atoms with Gasteiger partial charge in [-0.2, -0.15) is 5.10 Å². The van der Waals surface area contributed by atoms with Crippen molar-refractivity contribution in [3.8, 4) is 0 Å². The zero-order valence-electron chi connectivity index (χ0n) is 11.6. The summed E-state index contributed by atoms with van der Waals surface area (Å²) < 4.78 is 1.72. The molecule has 1 aromatic carbocycles. The summed E-state index contributed by atoms with van der Waals surface area (Å²) in [6.07, 6.45) is 8.14. The Labute approximate surface area is 119 Å². The Morgan fingerprint density at radius 2 is 1.95 bits per heavy atom. The minimum Gasteiger partial charge on any atom is -0.381 e. The first-order valence-corrected chi connectivity index (χ1v) is 7.09. The van der Waals surface area contributed by atoms with Gasteiger partial charge in [-0.05, 0) is 37.1 Å². The van der Waals surface area contributed by atoms with E-state index < -0.39 is 0 Å². The molecule has 1 aromatic heterocycles. The molecule has 1 aliphatic heterocycles. The summed E-state index contributed by atoms with van der Waals surface area (Å²) in [4.78, 5) is 2.44. The van der Waals surface area contributed by atoms with Crippen LogP contribution in [0.25, 0.3) is 6.20 Å². The first-order valence-electron chi connectivity index (χ1n) is 7.09. The smallest absolute Gasteiger partial charge is 0.0543 e. The van der Waals surface area contributed by atoms with Crippen LogP contribution < -0.4 is 10.2 Å². The normalized spacial score (nSPS) is 14.5. The van der Waals surface area contributed by atoms with E-state index in [1.165, 1.54) is 31.6 Å². The van der Waals surface area contributed by atoms with E-state index in [1.807, 2.05) is 12.4 Å². The van der Waals surface area contributed by atoms with Gasteiger partial charge < -0.3 is 10.2 Å². The number of hydrogen-bond acceptors (Lipinski definition) is 3. The molecule has 0 amide bonds. The van der Waals surface area contributed by atoms with Gasteiger partial charge in [0.25, 0.3) is 0 Å². The molecule has 0 atom stereocenters. The van der Waals surface area contributed by atoms with Gasteiger partial charge >= 0.3 is 0 Å². The maximum absolute atomic E-state index is 4.17. The van der Waals surface area contributed by atoms with Crippen LogP contribution >= 0.6 is 0 Å². The number of nitrogens with zero attached hydrogens (tertiary/aromatic N) is 3. The largest absolute Gasteiger partial charge is 0.381 e. The van der Waals surface area contributed by atoms with Gasteiger partial charge in [0.05, 0.1) is 6.20 Å². The monoisotopic (exact) mass is 268 g/mol. The quantitative estimate of drug-likeness (QED) is 0.904. The number of rotatable bonds is 5. The van der Waals surface area contributed by atoms with Gasteiger partial charge in [-0.15, -0.1) is 0 Å². The molecule has 0 aliphatic carbocycles. The first-order chi connectivity index (χ1) is 9.85. The van der Waals surface area contributed by atoms with E-state index in [0.29, 0.717) is 0 Å². The van der Waals surface area contributed by atoms with Gasteiger partial charge in [-0.1, -0.05) is 6.58 Å². The molecule has 0 bridgehead atoms. The van der Waals surface area contributed by atoms with E-state index in [-0.39, 0.29) is 0 Å². The van der Waals surface area contributed by atoms with Crippen LogP contribution in [0.2, 0.25) is 0 Å². The standard InChI is InChI=1S/C16H20N4/c1-2-20-13-14(12-18-20)11-17-15-5-7-16(8-6-15)19-9-3-4-10-19/h2,5-8,12-13,17H,1,3-4,9-11H2. The summed E-state index contributed by atoms with van der Waals surface area (Å²) in [5.74, 6) is 0. The third kappa shape index (κ3) is 2.85. The SMILES string of the molecule is C=Cn1cc(CNc2ccc(N3CCCC3)cc2)cn1. The molecule has 104 valence electrons. The second-order valence-corrected chi connectivity index (χ2v) is 5.11. The number of aromatic nitrogens is 2. The van der Waals surface area contributed by atoms with Crippen LogP contribution in [0, 0.1) is 0 Å². The molecular weight excluding hydrogens is 248 g/mol. The molecule has 20 heavy (non-hydrogen) atoms. The van der Waals surface area contributed by atoms with E-state index in [4.69, 9.17) is 0 Å². The molecule has 2 heterocycles. The Morgan fingerprint density at radius 3 is 2.60 bits per heavy atom. The van der Waals surface area contributed by atoms with Crippen LogP contribution in [-0.4, -0.2) is 22.9 Å². The van der Waals surface area contributed by atoms with E-state index >= 15 is 0 Å². The molecular formula is C16H20N4. The number of benzene rings is 1. The molecule has 1 fully saturated rings. The lowest BCUT2D eigenvalue weighted by Gasteiger charge is -2.17. The summed E-state index contributed by atoms with van der Waals surface area (Å²) in [5.41, 5.74) is 3.61. The highest BCUT2D eigenvalue weighted by atomic mass is 15.2. The van der Waals surface area contributed by atoms with Crippen LogP contribution in [0.15, 0.2) is 43.2 Å². The fourth-order valence-electron chi connectivity index (χ4n) is 2.54. The minimum atomic E-state index is 0.775. The predicted octanol–water partition coefficient (Wildman–Crippen LogP) is 3.20. The topological polar surface area (TPSA) is 33.1 Å². The van der Waals surface area contributed by atoms with Crippen molar-refractivity contribution in [2.45, 2.75) is 19.4 Å². The predicted molar refractivity (Wildman–Crippen MR) is 83.8 cm³/mol. The summed E-state index contributed by atoms with van der Waals surface area (Å²) in [6.45, 7) is 6.84. The highest BCUT2D eigenvalue weighted by Gasteiger charge is 2.11. The Bertz CT molecular complexity index is 564. The van der Waals surface area contributed by atoms with Crippen molar-refractivity contribution >= 4 is 17.6 Å². The lowest BCUT2D eigenvalue weighted by atomic mass is 10.2. The third-order valence-electron chi connectivity index (χ3n) is 3.68. The van der Waals surface area contributed by atoms with Gasteiger partial charge in [0.2, 0.25) is 0 Å². The molecule has 0 unspecified atom stereocenters. The molecule has 2 aromatic rings. The number of anilines is 2. The van der Waals surface area contributed by atoms with Gasteiger partial charge in [-0.25, -0.2) is 4.68 Å². The molecule has 1 aliphatic rings. The zero-order valence-corrected chi connectivity index (χ0v) is 11.6. The van der Waals surface area contributed by atoms with E-state index in [1.54, 1.807) is 10.9 Å². The van der Waals surface area contributed by atoms with Crippen molar-refractivity contribution in [3.63, 3.8) is 0 Å². The molecule has 4 nitrogen and oxygen atoms in total. The highest BCUT2D eigenvalue weighted by molar-refractivity contribution is 5.55. The molecule has 0 spiro atoms. The Balaban J connectivity index is 1.58. The van der Waals surface area contributed by atoms with Crippen LogP contribution in [0.1, 0.15) is 18.4 Å². The van der Waals surface area contributed by atoms with Gasteiger partial charge in [0, 0.05) is 49.0 Å². The van der Waals surface area contributed by atoms with Crippen molar-refractivity contribution in [1.82, 2.24) is 9.78 Å². The summed E-state index contributed by atoms with van der Waals surface area (Å²) in [7, 11) is 0. The minimum absolute atomic E-state index is 0.775. The van der Waals surface area contributed by atoms with E-state index in [9.17, 15) is 0 Å². The second kappa shape index (κ2) is 5.82. The molecule has 4 heteroatoms. The summed E-state index contributed by atoms with van der Waals surface area (Å²) in [5, 5.41) is 7.58. The van der Waals surface area contributed by atoms with Crippen molar-refractivity contribution in [2.24, 2.45) is 0 Å². The van der Waals surface area contributed by atoms with Crippen molar-refractivity contribution < 1.29 is 0 Å². The maximum Gasteiger partial charge on any atom is 0.0543 e. The molecule has 1 N–H and O–H groups in total. The van der Waals surface area contributed by atoms with Crippen LogP contribution in [0.5, 0.6) is 0 Å². The number of hydrogen-bond donors (Lipinski definition) is 1. The summed E-state index contributed by atoms with van der Waals surface area (Å²) >= 11 is 0. The highest BCUT2D eigenvalue weighted by Crippen LogP contribution is 2.22. The Morgan fingerprint density at radius 1 is 1.20 bits per heavy atom. The van der Waals surface area contributed by atoms with Crippen LogP contribution in [0.4, 0.5) is 11.4 Å². The van der Waals surface area contributed by atoms with Gasteiger partial charge in [-0.3, -0.25) is 0 Å². The van der Waals surface area contributed by atoms with Gasteiger partial charge in [0.15, 0.2) is 0 Å². The van der Waals surface area contributed by atoms with Crippen molar-refractivity contribution in [3.05, 3.63) is 48.8 Å². The fourth-order valence-corrected chi connectivity index (χ4v) is 2.54. The lowest BCUT2D eigenvalue weighted by Crippen LogP contribution is -2.17. The summed E-state index contributed by atoms with van der Waals surface area (Å²) in [6, 6.07) is 8.68. The van der Waals surface area contributed by atoms with E-state index in [0.717, 1.165) is 17.8 Å².